The Balaban J connectivity index is 2.57. The first kappa shape index (κ1) is 9.53. The summed E-state index contributed by atoms with van der Waals surface area (Å²) in [6, 6.07) is 4.38. The lowest BCUT2D eigenvalue weighted by molar-refractivity contribution is -0.715. The number of pyridine rings is 1. The largest absolute Gasteiger partial charge is 0.239 e. The van der Waals surface area contributed by atoms with Crippen LogP contribution in [0.3, 0.4) is 0 Å². The lowest BCUT2D eigenvalue weighted by atomic mass is 10.1. The van der Waals surface area contributed by atoms with E-state index < -0.39 is 0 Å². The van der Waals surface area contributed by atoms with Gasteiger partial charge >= 0.3 is 0 Å². The second kappa shape index (κ2) is 4.01. The first-order valence-electron chi connectivity index (χ1n) is 4.72. The molecule has 0 unspecified atom stereocenters. The predicted molar refractivity (Wildman–Crippen MR) is 61.3 cm³/mol. The molecule has 0 saturated heterocycles. The van der Waals surface area contributed by atoms with Crippen LogP contribution in [0.4, 0.5) is 0 Å². The maximum atomic E-state index is 2.28. The summed E-state index contributed by atoms with van der Waals surface area (Å²) in [7, 11) is 2.14. The Morgan fingerprint density at radius 2 is 2.14 bits per heavy atom. The molecule has 0 N–H and O–H groups in total. The Hall–Kier alpha value is -1.02. The van der Waals surface area contributed by atoms with Crippen molar-refractivity contribution in [3.05, 3.63) is 41.6 Å². The SMILES string of the molecule is CSc1ccc2c([n+]1C)CC=CC=C2. The number of fused-ring (bicyclic) bond motifs is 1. The molecule has 0 radical (unpaired) electrons. The molecular weight excluding hydrogens is 190 g/mol. The van der Waals surface area contributed by atoms with Crippen LogP contribution in [-0.4, -0.2) is 6.26 Å². The van der Waals surface area contributed by atoms with Crippen LogP contribution in [0.5, 0.6) is 0 Å². The summed E-state index contributed by atoms with van der Waals surface area (Å²) in [5.41, 5.74) is 2.72. The summed E-state index contributed by atoms with van der Waals surface area (Å²) >= 11 is 1.79. The molecule has 0 atom stereocenters. The van der Waals surface area contributed by atoms with E-state index in [1.165, 1.54) is 16.3 Å². The fraction of sp³-hybridized carbons (Fsp3) is 0.250. The number of thioether (sulfide) groups is 1. The topological polar surface area (TPSA) is 3.88 Å². The third-order valence-electron chi connectivity index (χ3n) is 2.52. The minimum absolute atomic E-state index is 1.02. The molecule has 0 bridgehead atoms. The molecule has 1 nitrogen and oxygen atoms in total. The monoisotopic (exact) mass is 204 g/mol. The van der Waals surface area contributed by atoms with E-state index in [1.807, 2.05) is 0 Å². The van der Waals surface area contributed by atoms with E-state index in [0.29, 0.717) is 0 Å². The van der Waals surface area contributed by atoms with Crippen molar-refractivity contribution in [1.82, 2.24) is 0 Å². The molecule has 1 aliphatic rings. The van der Waals surface area contributed by atoms with Gasteiger partial charge in [-0.25, -0.2) is 0 Å². The van der Waals surface area contributed by atoms with Crippen LogP contribution in [0.15, 0.2) is 35.4 Å². The van der Waals surface area contributed by atoms with Gasteiger partial charge in [0.1, 0.15) is 7.05 Å². The zero-order chi connectivity index (χ0) is 9.97. The summed E-state index contributed by atoms with van der Waals surface area (Å²) in [5, 5.41) is 1.31. The molecule has 0 amide bonds. The van der Waals surface area contributed by atoms with Gasteiger partial charge in [-0.15, -0.1) is 0 Å². The second-order valence-electron chi connectivity index (χ2n) is 3.33. The Labute approximate surface area is 89.2 Å². The number of hydrogen-bond donors (Lipinski definition) is 0. The van der Waals surface area contributed by atoms with Crippen molar-refractivity contribution < 1.29 is 4.57 Å². The number of nitrogens with zero attached hydrogens (tertiary/aromatic N) is 1. The van der Waals surface area contributed by atoms with Crippen LogP contribution in [0.25, 0.3) is 6.08 Å². The average Bonchev–Trinajstić information content (AvgIpc) is 2.44. The van der Waals surface area contributed by atoms with Gasteiger partial charge in [-0.2, -0.15) is 4.57 Å². The molecule has 1 aromatic rings. The molecule has 14 heavy (non-hydrogen) atoms. The average molecular weight is 204 g/mol. The first-order chi connectivity index (χ1) is 6.83. The van der Waals surface area contributed by atoms with E-state index >= 15 is 0 Å². The fourth-order valence-electron chi connectivity index (χ4n) is 1.72. The molecule has 72 valence electrons. The van der Waals surface area contributed by atoms with Crippen LogP contribution in [0.2, 0.25) is 0 Å². The Bertz CT molecular complexity index is 405. The van der Waals surface area contributed by atoms with Gasteiger partial charge in [0.05, 0.1) is 6.42 Å². The van der Waals surface area contributed by atoms with E-state index in [0.717, 1.165) is 6.42 Å². The number of aromatic nitrogens is 1. The molecule has 0 aromatic carbocycles. The maximum absolute atomic E-state index is 2.28. The van der Waals surface area contributed by atoms with E-state index in [-0.39, 0.29) is 0 Å². The summed E-state index contributed by atoms with van der Waals surface area (Å²) in [6.07, 6.45) is 11.7. The molecule has 1 aliphatic carbocycles. The Morgan fingerprint density at radius 3 is 2.93 bits per heavy atom. The zero-order valence-corrected chi connectivity index (χ0v) is 9.34. The third kappa shape index (κ3) is 1.62. The van der Waals surface area contributed by atoms with Crippen molar-refractivity contribution in [2.75, 3.05) is 6.26 Å². The van der Waals surface area contributed by atoms with Crippen LogP contribution in [0, 0.1) is 0 Å². The quantitative estimate of drug-likeness (QED) is 0.502. The van der Waals surface area contributed by atoms with E-state index in [2.05, 4.69) is 54.3 Å². The van der Waals surface area contributed by atoms with Gasteiger partial charge in [0, 0.05) is 11.6 Å². The van der Waals surface area contributed by atoms with Crippen molar-refractivity contribution in [3.8, 4) is 0 Å². The van der Waals surface area contributed by atoms with Gasteiger partial charge in [-0.1, -0.05) is 30.0 Å². The molecule has 0 spiro atoms. The number of hydrogen-bond acceptors (Lipinski definition) is 1. The maximum Gasteiger partial charge on any atom is 0.239 e. The second-order valence-corrected chi connectivity index (χ2v) is 4.15. The van der Waals surface area contributed by atoms with Crippen molar-refractivity contribution in [2.45, 2.75) is 11.4 Å². The van der Waals surface area contributed by atoms with Crippen LogP contribution in [0.1, 0.15) is 11.3 Å². The third-order valence-corrected chi connectivity index (χ3v) is 3.35. The fourth-order valence-corrected chi connectivity index (χ4v) is 2.31. The molecule has 0 saturated carbocycles. The van der Waals surface area contributed by atoms with E-state index in [4.69, 9.17) is 0 Å². The summed E-state index contributed by atoms with van der Waals surface area (Å²) in [5.74, 6) is 0. The highest BCUT2D eigenvalue weighted by Gasteiger charge is 2.15. The Morgan fingerprint density at radius 1 is 1.29 bits per heavy atom. The molecular formula is C12H14NS+. The standard InChI is InChI=1S/C12H14NS/c1-13-11-7-5-3-4-6-10(11)8-9-12(13)14-2/h3-6,8-9H,7H2,1-2H3/q+1. The normalized spacial score (nSPS) is 13.9. The number of allylic oxidation sites excluding steroid dienone is 3. The first-order valence-corrected chi connectivity index (χ1v) is 5.94. The lowest BCUT2D eigenvalue weighted by Gasteiger charge is -2.03. The molecule has 1 heterocycles. The minimum Gasteiger partial charge on any atom is -0.192 e. The van der Waals surface area contributed by atoms with Gasteiger partial charge in [0.2, 0.25) is 5.03 Å². The minimum atomic E-state index is 1.02. The smallest absolute Gasteiger partial charge is 0.192 e. The van der Waals surface area contributed by atoms with Crippen LogP contribution in [-0.2, 0) is 13.5 Å². The lowest BCUT2D eigenvalue weighted by Crippen LogP contribution is -2.36. The Kier molecular flexibility index (Phi) is 2.73. The molecule has 1 aromatic heterocycles. The van der Waals surface area contributed by atoms with Crippen molar-refractivity contribution in [2.24, 2.45) is 7.05 Å². The van der Waals surface area contributed by atoms with Crippen molar-refractivity contribution in [1.29, 1.82) is 0 Å². The molecule has 0 fully saturated rings. The summed E-state index contributed by atoms with van der Waals surface area (Å²) < 4.78 is 2.28. The molecule has 2 rings (SSSR count). The highest BCUT2D eigenvalue weighted by molar-refractivity contribution is 7.98. The zero-order valence-electron chi connectivity index (χ0n) is 8.53. The van der Waals surface area contributed by atoms with Gasteiger partial charge < -0.3 is 0 Å². The van der Waals surface area contributed by atoms with Crippen molar-refractivity contribution >= 4 is 17.8 Å². The van der Waals surface area contributed by atoms with Crippen LogP contribution >= 0.6 is 11.8 Å². The van der Waals surface area contributed by atoms with Gasteiger partial charge in [0.25, 0.3) is 0 Å². The van der Waals surface area contributed by atoms with Gasteiger partial charge in [-0.05, 0) is 18.4 Å². The van der Waals surface area contributed by atoms with Crippen molar-refractivity contribution in [3.63, 3.8) is 0 Å². The molecule has 2 heteroatoms. The highest BCUT2D eigenvalue weighted by Crippen LogP contribution is 2.16. The van der Waals surface area contributed by atoms with E-state index in [1.54, 1.807) is 11.8 Å². The highest BCUT2D eigenvalue weighted by atomic mass is 32.2. The van der Waals surface area contributed by atoms with E-state index in [9.17, 15) is 0 Å². The molecule has 0 aliphatic heterocycles. The van der Waals surface area contributed by atoms with Gasteiger partial charge in [0.15, 0.2) is 5.69 Å². The summed E-state index contributed by atoms with van der Waals surface area (Å²) in [6.45, 7) is 0. The summed E-state index contributed by atoms with van der Waals surface area (Å²) in [4.78, 5) is 0. The predicted octanol–water partition coefficient (Wildman–Crippen LogP) is 2.36. The van der Waals surface area contributed by atoms with Crippen LogP contribution < -0.4 is 4.57 Å². The van der Waals surface area contributed by atoms with Gasteiger partial charge in [-0.3, -0.25) is 0 Å². The number of rotatable bonds is 1.